The highest BCUT2D eigenvalue weighted by atomic mass is 32.2. The van der Waals surface area contributed by atoms with Crippen LogP contribution in [0.1, 0.15) is 46.3 Å². The summed E-state index contributed by atoms with van der Waals surface area (Å²) in [5, 5.41) is 2.90. The molecule has 4 nitrogen and oxygen atoms in total. The molecule has 0 aromatic heterocycles. The molecule has 1 aliphatic heterocycles. The van der Waals surface area contributed by atoms with Crippen LogP contribution in [0.4, 0.5) is 18.9 Å². The second-order valence-electron chi connectivity index (χ2n) is 8.56. The molecule has 1 fully saturated rings. The smallest absolute Gasteiger partial charge is 0.371 e. The van der Waals surface area contributed by atoms with Crippen molar-refractivity contribution < 1.29 is 22.2 Å². The van der Waals surface area contributed by atoms with E-state index in [9.17, 15) is 22.2 Å². The van der Waals surface area contributed by atoms with Crippen molar-refractivity contribution in [2.45, 2.75) is 36.9 Å². The normalized spacial score (nSPS) is 16.8. The van der Waals surface area contributed by atoms with Gasteiger partial charge in [-0.15, -0.1) is 0 Å². The first kappa shape index (κ1) is 25.0. The van der Waals surface area contributed by atoms with Gasteiger partial charge in [-0.2, -0.15) is 13.2 Å². The fraction of sp³-hybridized carbons (Fsp3) is 0.296. The number of nitrogens with one attached hydrogen (secondary N) is 1. The number of nitrogens with zero attached hydrogens (tertiary/aromatic N) is 1. The lowest BCUT2D eigenvalue weighted by Gasteiger charge is -2.19. The number of halogens is 3. The van der Waals surface area contributed by atoms with Crippen molar-refractivity contribution in [2.75, 3.05) is 23.7 Å². The van der Waals surface area contributed by atoms with E-state index in [-0.39, 0.29) is 11.8 Å². The van der Waals surface area contributed by atoms with Crippen molar-refractivity contribution in [1.29, 1.82) is 0 Å². The number of alkyl halides is 3. The van der Waals surface area contributed by atoms with Crippen LogP contribution in [0.15, 0.2) is 77.7 Å². The Labute approximate surface area is 205 Å². The summed E-state index contributed by atoms with van der Waals surface area (Å²) in [5.41, 5.74) is 2.74. The van der Waals surface area contributed by atoms with Gasteiger partial charge in [0, 0.05) is 47.5 Å². The van der Waals surface area contributed by atoms with Crippen LogP contribution in [-0.2, 0) is 23.5 Å². The van der Waals surface area contributed by atoms with Gasteiger partial charge in [-0.25, -0.2) is 0 Å². The van der Waals surface area contributed by atoms with E-state index >= 15 is 0 Å². The summed E-state index contributed by atoms with van der Waals surface area (Å²) in [6.45, 7) is 3.77. The molecule has 1 amide bonds. The summed E-state index contributed by atoms with van der Waals surface area (Å²) < 4.78 is 50.3. The van der Waals surface area contributed by atoms with Gasteiger partial charge in [-0.3, -0.25) is 9.00 Å². The maximum atomic E-state index is 12.8. The molecule has 3 aromatic rings. The largest absolute Gasteiger partial charge is 0.416 e. The van der Waals surface area contributed by atoms with Crippen molar-refractivity contribution in [3.63, 3.8) is 0 Å². The van der Waals surface area contributed by atoms with Crippen LogP contribution in [0.3, 0.4) is 0 Å². The van der Waals surface area contributed by atoms with E-state index in [0.717, 1.165) is 53.4 Å². The summed E-state index contributed by atoms with van der Waals surface area (Å²) in [5.74, 6) is 0.558. The van der Waals surface area contributed by atoms with Gasteiger partial charge in [-0.1, -0.05) is 31.2 Å². The summed E-state index contributed by atoms with van der Waals surface area (Å²) in [7, 11) is -0.995. The molecule has 0 radical (unpaired) electrons. The molecule has 0 bridgehead atoms. The van der Waals surface area contributed by atoms with Crippen molar-refractivity contribution in [1.82, 2.24) is 5.32 Å². The van der Waals surface area contributed by atoms with Crippen LogP contribution in [-0.4, -0.2) is 29.0 Å². The Bertz CT molecular complexity index is 1180. The van der Waals surface area contributed by atoms with Crippen LogP contribution in [0, 0.1) is 0 Å². The molecule has 1 saturated heterocycles. The van der Waals surface area contributed by atoms with Gasteiger partial charge in [0.2, 0.25) is 0 Å². The summed E-state index contributed by atoms with van der Waals surface area (Å²) in [6.07, 6.45) is -3.46. The molecule has 8 heteroatoms. The minimum absolute atomic E-state index is 0.168. The molecule has 2 atom stereocenters. The van der Waals surface area contributed by atoms with Crippen LogP contribution in [0.2, 0.25) is 0 Å². The van der Waals surface area contributed by atoms with Gasteiger partial charge in [-0.05, 0) is 66.1 Å². The molecule has 3 aromatic carbocycles. The first-order chi connectivity index (χ1) is 16.7. The molecule has 1 aliphatic rings. The lowest BCUT2D eigenvalue weighted by Crippen LogP contribution is -2.23. The second-order valence-corrected chi connectivity index (χ2v) is 10.3. The molecule has 1 N–H and O–H groups in total. The Morgan fingerprint density at radius 2 is 1.66 bits per heavy atom. The van der Waals surface area contributed by atoms with Gasteiger partial charge in [0.25, 0.3) is 5.91 Å². The Morgan fingerprint density at radius 1 is 1.00 bits per heavy atom. The average molecular weight is 501 g/mol. The number of carbonyl (C=O) groups excluding carboxylic acids is 1. The SMILES string of the molecule is CCS(=O)c1ccc(CNC(=O)c2ccc(N3CCC(c4ccc(C(F)(F)F)cc4)C3)cc2)cc1. The van der Waals surface area contributed by atoms with E-state index < -0.39 is 22.5 Å². The highest BCUT2D eigenvalue weighted by Crippen LogP contribution is 2.34. The molecular weight excluding hydrogens is 473 g/mol. The highest BCUT2D eigenvalue weighted by molar-refractivity contribution is 7.85. The van der Waals surface area contributed by atoms with Crippen molar-refractivity contribution in [2.24, 2.45) is 0 Å². The number of benzene rings is 3. The van der Waals surface area contributed by atoms with Gasteiger partial charge < -0.3 is 10.2 Å². The van der Waals surface area contributed by atoms with Gasteiger partial charge in [0.1, 0.15) is 0 Å². The molecule has 35 heavy (non-hydrogen) atoms. The lowest BCUT2D eigenvalue weighted by atomic mass is 9.97. The van der Waals surface area contributed by atoms with E-state index in [2.05, 4.69) is 10.2 Å². The number of hydrogen-bond acceptors (Lipinski definition) is 3. The Hall–Kier alpha value is -3.13. The molecule has 2 unspecified atom stereocenters. The zero-order valence-corrected chi connectivity index (χ0v) is 20.2. The maximum absolute atomic E-state index is 12.8. The van der Waals surface area contributed by atoms with Crippen molar-refractivity contribution in [3.05, 3.63) is 95.1 Å². The molecule has 0 spiro atoms. The fourth-order valence-corrected chi connectivity index (χ4v) is 5.02. The predicted molar refractivity (Wildman–Crippen MR) is 132 cm³/mol. The number of anilines is 1. The third-order valence-electron chi connectivity index (χ3n) is 6.29. The van der Waals surface area contributed by atoms with Crippen molar-refractivity contribution >= 4 is 22.4 Å². The Morgan fingerprint density at radius 3 is 2.26 bits per heavy atom. The monoisotopic (exact) mass is 500 g/mol. The van der Waals surface area contributed by atoms with Crippen LogP contribution < -0.4 is 10.2 Å². The first-order valence-electron chi connectivity index (χ1n) is 11.5. The number of carbonyl (C=O) groups is 1. The van der Waals surface area contributed by atoms with E-state index in [1.54, 1.807) is 24.3 Å². The molecular formula is C27H27F3N2O2S. The van der Waals surface area contributed by atoms with E-state index in [1.807, 2.05) is 43.3 Å². The van der Waals surface area contributed by atoms with Crippen molar-refractivity contribution in [3.8, 4) is 0 Å². The summed E-state index contributed by atoms with van der Waals surface area (Å²) >= 11 is 0. The minimum Gasteiger partial charge on any atom is -0.371 e. The van der Waals surface area contributed by atoms with Gasteiger partial charge in [0.05, 0.1) is 16.4 Å². The second kappa shape index (κ2) is 10.6. The minimum atomic E-state index is -4.32. The quantitative estimate of drug-likeness (QED) is 0.449. The summed E-state index contributed by atoms with van der Waals surface area (Å²) in [4.78, 5) is 15.5. The third kappa shape index (κ3) is 6.11. The van der Waals surface area contributed by atoms with E-state index in [0.29, 0.717) is 17.9 Å². The molecule has 0 saturated carbocycles. The topological polar surface area (TPSA) is 49.4 Å². The highest BCUT2D eigenvalue weighted by Gasteiger charge is 2.31. The van der Waals surface area contributed by atoms with E-state index in [1.165, 1.54) is 0 Å². The number of hydrogen-bond donors (Lipinski definition) is 1. The maximum Gasteiger partial charge on any atom is 0.416 e. The molecule has 4 rings (SSSR count). The van der Waals surface area contributed by atoms with Crippen LogP contribution in [0.25, 0.3) is 0 Å². The summed E-state index contributed by atoms with van der Waals surface area (Å²) in [6, 6.07) is 20.2. The Balaban J connectivity index is 1.31. The third-order valence-corrected chi connectivity index (χ3v) is 7.62. The van der Waals surface area contributed by atoms with E-state index in [4.69, 9.17) is 0 Å². The average Bonchev–Trinajstić information content (AvgIpc) is 3.37. The Kier molecular flexibility index (Phi) is 7.60. The standard InChI is InChI=1S/C27H27F3N2O2S/c1-2-35(34)25-13-3-19(4-14-25)17-31-26(33)21-7-11-24(12-8-21)32-16-15-22(18-32)20-5-9-23(10-6-20)27(28,29)30/h3-14,22H,2,15-18H2,1H3,(H,31,33). The van der Waals surface area contributed by atoms with Gasteiger partial charge >= 0.3 is 6.18 Å². The zero-order valence-electron chi connectivity index (χ0n) is 19.3. The van der Waals surface area contributed by atoms with Gasteiger partial charge in [0.15, 0.2) is 0 Å². The number of amides is 1. The molecule has 184 valence electrons. The van der Waals surface area contributed by atoms with Crippen LogP contribution >= 0.6 is 0 Å². The lowest BCUT2D eigenvalue weighted by molar-refractivity contribution is -0.137. The zero-order chi connectivity index (χ0) is 25.0. The number of rotatable bonds is 7. The van der Waals surface area contributed by atoms with Crippen LogP contribution in [0.5, 0.6) is 0 Å². The first-order valence-corrected chi connectivity index (χ1v) is 12.8. The predicted octanol–water partition coefficient (Wildman–Crippen LogP) is 5.76. The molecule has 0 aliphatic carbocycles. The molecule has 1 heterocycles. The fourth-order valence-electron chi connectivity index (χ4n) is 4.24.